The zero-order valence-corrected chi connectivity index (χ0v) is 13.2. The van der Waals surface area contributed by atoms with Gasteiger partial charge >= 0.3 is 0 Å². The van der Waals surface area contributed by atoms with E-state index in [-0.39, 0.29) is 5.91 Å². The number of amides is 1. The number of carbonyl (C=O) groups excluding carboxylic acids is 1. The standard InChI is InChI=1S/C18H22N4O/c19-17(23)14-10-16(21-15-5-2-1-4-13(14)15)22-9-3-6-18(12-22)7-8-20-11-18/h1-2,4-5,10,20H,3,6-9,11-12H2,(H2,19,23). The largest absolute Gasteiger partial charge is 0.366 e. The third-order valence-electron chi connectivity index (χ3n) is 5.29. The predicted molar refractivity (Wildman–Crippen MR) is 91.6 cm³/mol. The van der Waals surface area contributed by atoms with E-state index in [1.54, 1.807) is 0 Å². The van der Waals surface area contributed by atoms with Crippen molar-refractivity contribution >= 4 is 22.6 Å². The van der Waals surface area contributed by atoms with Crippen molar-refractivity contribution in [3.63, 3.8) is 0 Å². The number of nitrogens with zero attached hydrogens (tertiary/aromatic N) is 2. The first-order valence-electron chi connectivity index (χ1n) is 8.32. The molecule has 1 aromatic heterocycles. The quantitative estimate of drug-likeness (QED) is 0.889. The lowest BCUT2D eigenvalue weighted by Crippen LogP contribution is -2.45. The van der Waals surface area contributed by atoms with Gasteiger partial charge in [0.05, 0.1) is 11.1 Å². The van der Waals surface area contributed by atoms with Gasteiger partial charge in [-0.3, -0.25) is 4.79 Å². The smallest absolute Gasteiger partial charge is 0.249 e. The Balaban J connectivity index is 1.75. The molecule has 1 amide bonds. The number of hydrogen-bond donors (Lipinski definition) is 2. The van der Waals surface area contributed by atoms with E-state index in [4.69, 9.17) is 10.7 Å². The number of fused-ring (bicyclic) bond motifs is 1. The number of primary amides is 1. The monoisotopic (exact) mass is 310 g/mol. The minimum atomic E-state index is -0.390. The molecule has 2 fully saturated rings. The maximum atomic E-state index is 11.9. The van der Waals surface area contributed by atoms with Crippen LogP contribution in [0.3, 0.4) is 0 Å². The van der Waals surface area contributed by atoms with Crippen LogP contribution < -0.4 is 16.0 Å². The number of piperidine rings is 1. The molecule has 1 unspecified atom stereocenters. The summed E-state index contributed by atoms with van der Waals surface area (Å²) >= 11 is 0. The molecule has 3 N–H and O–H groups in total. The molecule has 2 aliphatic heterocycles. The van der Waals surface area contributed by atoms with Crippen molar-refractivity contribution in [1.29, 1.82) is 0 Å². The summed E-state index contributed by atoms with van der Waals surface area (Å²) in [5, 5.41) is 4.32. The van der Waals surface area contributed by atoms with Crippen LogP contribution in [0.1, 0.15) is 29.6 Å². The average Bonchev–Trinajstić information content (AvgIpc) is 3.01. The fourth-order valence-electron chi connectivity index (χ4n) is 4.07. The number of rotatable bonds is 2. The predicted octanol–water partition coefficient (Wildman–Crippen LogP) is 1.91. The number of hydrogen-bond acceptors (Lipinski definition) is 4. The number of nitrogens with two attached hydrogens (primary N) is 1. The molecule has 5 heteroatoms. The summed E-state index contributed by atoms with van der Waals surface area (Å²) in [4.78, 5) is 19.0. The highest BCUT2D eigenvalue weighted by molar-refractivity contribution is 6.06. The summed E-state index contributed by atoms with van der Waals surface area (Å²) in [6.45, 7) is 4.18. The minimum Gasteiger partial charge on any atom is -0.366 e. The maximum absolute atomic E-state index is 11.9. The molecule has 1 aromatic carbocycles. The number of carbonyl (C=O) groups is 1. The zero-order valence-electron chi connectivity index (χ0n) is 13.2. The van der Waals surface area contributed by atoms with E-state index in [1.165, 1.54) is 19.3 Å². The van der Waals surface area contributed by atoms with Crippen molar-refractivity contribution in [3.8, 4) is 0 Å². The van der Waals surface area contributed by atoms with Crippen molar-refractivity contribution in [2.45, 2.75) is 19.3 Å². The topological polar surface area (TPSA) is 71.2 Å². The summed E-state index contributed by atoms with van der Waals surface area (Å²) in [5.41, 5.74) is 7.36. The van der Waals surface area contributed by atoms with E-state index in [1.807, 2.05) is 30.3 Å². The van der Waals surface area contributed by atoms with Gasteiger partial charge in [0.1, 0.15) is 5.82 Å². The number of benzene rings is 1. The Bertz CT molecular complexity index is 752. The van der Waals surface area contributed by atoms with E-state index in [0.29, 0.717) is 11.0 Å². The molecule has 1 atom stereocenters. The van der Waals surface area contributed by atoms with Crippen LogP contribution >= 0.6 is 0 Å². The van der Waals surface area contributed by atoms with Crippen molar-refractivity contribution in [2.24, 2.45) is 11.1 Å². The Morgan fingerprint density at radius 1 is 1.30 bits per heavy atom. The minimum absolute atomic E-state index is 0.360. The van der Waals surface area contributed by atoms with Gasteiger partial charge in [-0.05, 0) is 37.9 Å². The highest BCUT2D eigenvalue weighted by Crippen LogP contribution is 2.37. The number of para-hydroxylation sites is 1. The van der Waals surface area contributed by atoms with Crippen LogP contribution in [0.2, 0.25) is 0 Å². The Morgan fingerprint density at radius 2 is 2.17 bits per heavy atom. The van der Waals surface area contributed by atoms with Crippen LogP contribution in [-0.4, -0.2) is 37.1 Å². The Labute approximate surface area is 135 Å². The third kappa shape index (κ3) is 2.55. The molecule has 4 rings (SSSR count). The molecule has 23 heavy (non-hydrogen) atoms. The summed E-state index contributed by atoms with van der Waals surface area (Å²) in [7, 11) is 0. The van der Waals surface area contributed by atoms with Gasteiger partial charge in [0.25, 0.3) is 0 Å². The van der Waals surface area contributed by atoms with Crippen molar-refractivity contribution in [1.82, 2.24) is 10.3 Å². The highest BCUT2D eigenvalue weighted by Gasteiger charge is 2.38. The Morgan fingerprint density at radius 3 is 2.96 bits per heavy atom. The maximum Gasteiger partial charge on any atom is 0.249 e. The molecule has 0 radical (unpaired) electrons. The first kappa shape index (κ1) is 14.5. The fourth-order valence-corrected chi connectivity index (χ4v) is 4.07. The van der Waals surface area contributed by atoms with E-state index in [2.05, 4.69) is 10.2 Å². The molecular formula is C18H22N4O. The van der Waals surface area contributed by atoms with Crippen molar-refractivity contribution < 1.29 is 4.79 Å². The van der Waals surface area contributed by atoms with E-state index < -0.39 is 0 Å². The molecule has 0 saturated carbocycles. The number of nitrogens with one attached hydrogen (secondary N) is 1. The number of aromatic nitrogens is 1. The molecule has 0 bridgehead atoms. The van der Waals surface area contributed by atoms with E-state index in [0.717, 1.165) is 42.9 Å². The van der Waals surface area contributed by atoms with Crippen LogP contribution in [0.15, 0.2) is 30.3 Å². The Kier molecular flexibility index (Phi) is 3.45. The average molecular weight is 310 g/mol. The Hall–Kier alpha value is -2.14. The van der Waals surface area contributed by atoms with Gasteiger partial charge in [0.15, 0.2) is 0 Å². The second kappa shape index (κ2) is 5.49. The molecule has 5 nitrogen and oxygen atoms in total. The van der Waals surface area contributed by atoms with Gasteiger partial charge in [-0.25, -0.2) is 4.98 Å². The molecule has 0 aliphatic carbocycles. The molecular weight excluding hydrogens is 288 g/mol. The molecule has 2 aliphatic rings. The fraction of sp³-hybridized carbons (Fsp3) is 0.444. The van der Waals surface area contributed by atoms with Crippen molar-refractivity contribution in [3.05, 3.63) is 35.9 Å². The van der Waals surface area contributed by atoms with Crippen LogP contribution in [0, 0.1) is 5.41 Å². The van der Waals surface area contributed by atoms with Crippen LogP contribution in [0.25, 0.3) is 10.9 Å². The summed E-state index contributed by atoms with van der Waals surface area (Å²) in [5.74, 6) is 0.489. The molecule has 2 aromatic rings. The van der Waals surface area contributed by atoms with Gasteiger partial charge in [-0.15, -0.1) is 0 Å². The van der Waals surface area contributed by atoms with Crippen molar-refractivity contribution in [2.75, 3.05) is 31.1 Å². The van der Waals surface area contributed by atoms with Crippen LogP contribution in [0.4, 0.5) is 5.82 Å². The lowest BCUT2D eigenvalue weighted by atomic mass is 9.79. The van der Waals surface area contributed by atoms with Crippen LogP contribution in [-0.2, 0) is 0 Å². The second-order valence-corrected chi connectivity index (χ2v) is 6.86. The third-order valence-corrected chi connectivity index (χ3v) is 5.29. The summed E-state index contributed by atoms with van der Waals surface area (Å²) in [6, 6.07) is 9.58. The first-order chi connectivity index (χ1) is 11.2. The van der Waals surface area contributed by atoms with Gasteiger partial charge in [-0.1, -0.05) is 18.2 Å². The second-order valence-electron chi connectivity index (χ2n) is 6.86. The highest BCUT2D eigenvalue weighted by atomic mass is 16.1. The normalized spacial score (nSPS) is 24.4. The SMILES string of the molecule is NC(=O)c1cc(N2CCCC3(CCNC3)C2)nc2ccccc12. The number of pyridine rings is 1. The lowest BCUT2D eigenvalue weighted by molar-refractivity contribution is 0.100. The molecule has 1 spiro atoms. The van der Waals surface area contributed by atoms with E-state index >= 15 is 0 Å². The lowest BCUT2D eigenvalue weighted by Gasteiger charge is -2.40. The zero-order chi connectivity index (χ0) is 15.9. The molecule has 2 saturated heterocycles. The summed E-state index contributed by atoms with van der Waals surface area (Å²) in [6.07, 6.45) is 3.66. The first-order valence-corrected chi connectivity index (χ1v) is 8.32. The van der Waals surface area contributed by atoms with Gasteiger partial charge in [0, 0.05) is 30.4 Å². The van der Waals surface area contributed by atoms with E-state index in [9.17, 15) is 4.79 Å². The van der Waals surface area contributed by atoms with Crippen LogP contribution in [0.5, 0.6) is 0 Å². The van der Waals surface area contributed by atoms with Gasteiger partial charge in [0.2, 0.25) is 5.91 Å². The van der Waals surface area contributed by atoms with Gasteiger partial charge in [-0.2, -0.15) is 0 Å². The molecule has 120 valence electrons. The summed E-state index contributed by atoms with van der Waals surface area (Å²) < 4.78 is 0. The molecule has 3 heterocycles. The van der Waals surface area contributed by atoms with Gasteiger partial charge < -0.3 is 16.0 Å². The number of anilines is 1.